The lowest BCUT2D eigenvalue weighted by molar-refractivity contribution is -0.136. The summed E-state index contributed by atoms with van der Waals surface area (Å²) in [5, 5.41) is 8.57. The van der Waals surface area contributed by atoms with Crippen LogP contribution >= 0.6 is 0 Å². The highest BCUT2D eigenvalue weighted by atomic mass is 32.2. The molecule has 0 heterocycles. The van der Waals surface area contributed by atoms with Crippen molar-refractivity contribution in [1.82, 2.24) is 4.89 Å². The lowest BCUT2D eigenvalue weighted by atomic mass is 10.1. The van der Waals surface area contributed by atoms with Gasteiger partial charge >= 0.3 is 5.97 Å². The molecule has 7 nitrogen and oxygen atoms in total. The summed E-state index contributed by atoms with van der Waals surface area (Å²) in [6.07, 6.45) is 0.359. The first-order valence-electron chi connectivity index (χ1n) is 5.89. The molecule has 0 unspecified atom stereocenters. The van der Waals surface area contributed by atoms with Gasteiger partial charge in [-0.15, -0.1) is 0 Å². The summed E-state index contributed by atoms with van der Waals surface area (Å²) >= 11 is 0. The molecule has 0 aliphatic heterocycles. The number of carboxylic acids is 1. The van der Waals surface area contributed by atoms with E-state index < -0.39 is 16.0 Å². The molecule has 20 heavy (non-hydrogen) atoms. The minimum atomic E-state index is -3.73. The van der Waals surface area contributed by atoms with Crippen molar-refractivity contribution in [3.63, 3.8) is 0 Å². The fourth-order valence-corrected chi connectivity index (χ4v) is 2.21. The van der Waals surface area contributed by atoms with Crippen LogP contribution in [0.25, 0.3) is 0 Å². The Balaban J connectivity index is 2.60. The number of hydrogen-bond acceptors (Lipinski definition) is 5. The lowest BCUT2D eigenvalue weighted by Gasteiger charge is -2.07. The van der Waals surface area contributed by atoms with Crippen LogP contribution in [0.5, 0.6) is 0 Å². The fourth-order valence-electron chi connectivity index (χ4n) is 1.38. The number of aryl methyl sites for hydroxylation is 1. The van der Waals surface area contributed by atoms with E-state index in [9.17, 15) is 13.2 Å². The molecule has 0 atom stereocenters. The smallest absolute Gasteiger partial charge is 0.303 e. The summed E-state index contributed by atoms with van der Waals surface area (Å²) in [7, 11) is -2.25. The lowest BCUT2D eigenvalue weighted by Crippen LogP contribution is -2.25. The van der Waals surface area contributed by atoms with Gasteiger partial charge in [0, 0.05) is 13.5 Å². The van der Waals surface area contributed by atoms with Crippen molar-refractivity contribution in [2.45, 2.75) is 17.7 Å². The molecule has 0 aliphatic carbocycles. The Morgan fingerprint density at radius 2 is 1.90 bits per heavy atom. The largest absolute Gasteiger partial charge is 0.481 e. The molecule has 8 heteroatoms. The van der Waals surface area contributed by atoms with Gasteiger partial charge in [-0.1, -0.05) is 17.0 Å². The van der Waals surface area contributed by atoms with Crippen LogP contribution in [-0.4, -0.2) is 39.8 Å². The van der Waals surface area contributed by atoms with Crippen LogP contribution in [0.1, 0.15) is 12.0 Å². The standard InChI is InChI=1S/C12H17NO6S/c1-18-8-9-19-13-20(16,17)11-5-2-10(3-6-11)4-7-12(14)15/h2-3,5-6,13H,4,7-9H2,1H3,(H,14,15). The molecule has 0 aromatic heterocycles. The first-order chi connectivity index (χ1) is 9.45. The first-order valence-corrected chi connectivity index (χ1v) is 7.37. The van der Waals surface area contributed by atoms with Crippen molar-refractivity contribution in [3.05, 3.63) is 29.8 Å². The van der Waals surface area contributed by atoms with Crippen molar-refractivity contribution in [3.8, 4) is 0 Å². The van der Waals surface area contributed by atoms with E-state index in [-0.39, 0.29) is 24.5 Å². The van der Waals surface area contributed by atoms with E-state index in [4.69, 9.17) is 14.7 Å². The molecule has 0 saturated carbocycles. The highest BCUT2D eigenvalue weighted by molar-refractivity contribution is 7.89. The van der Waals surface area contributed by atoms with E-state index in [1.54, 1.807) is 12.1 Å². The number of hydrogen-bond donors (Lipinski definition) is 2. The van der Waals surface area contributed by atoms with Crippen molar-refractivity contribution >= 4 is 16.0 Å². The van der Waals surface area contributed by atoms with Crippen LogP contribution in [0.3, 0.4) is 0 Å². The van der Waals surface area contributed by atoms with Gasteiger partial charge in [0.1, 0.15) is 0 Å². The number of sulfonamides is 1. The maximum Gasteiger partial charge on any atom is 0.303 e. The molecule has 1 aromatic rings. The molecular weight excluding hydrogens is 286 g/mol. The first kappa shape index (κ1) is 16.6. The van der Waals surface area contributed by atoms with Gasteiger partial charge in [0.05, 0.1) is 18.1 Å². The summed E-state index contributed by atoms with van der Waals surface area (Å²) in [6, 6.07) is 5.96. The Labute approximate surface area is 117 Å². The Morgan fingerprint density at radius 3 is 2.45 bits per heavy atom. The Bertz CT molecular complexity index is 525. The molecule has 0 spiro atoms. The summed E-state index contributed by atoms with van der Waals surface area (Å²) in [6.45, 7) is 0.378. The number of nitrogens with one attached hydrogen (secondary N) is 1. The predicted molar refractivity (Wildman–Crippen MR) is 70.5 cm³/mol. The highest BCUT2D eigenvalue weighted by Gasteiger charge is 2.13. The van der Waals surface area contributed by atoms with Gasteiger partial charge in [-0.25, -0.2) is 8.42 Å². The predicted octanol–water partition coefficient (Wildman–Crippen LogP) is 0.560. The second-order valence-corrected chi connectivity index (χ2v) is 5.61. The molecule has 0 radical (unpaired) electrons. The summed E-state index contributed by atoms with van der Waals surface area (Å²) in [5.74, 6) is -0.894. The normalized spacial score (nSPS) is 11.4. The molecule has 0 aliphatic rings. The molecule has 1 rings (SSSR count). The van der Waals surface area contributed by atoms with Crippen LogP contribution in [0.4, 0.5) is 0 Å². The second kappa shape index (κ2) is 7.95. The third-order valence-electron chi connectivity index (χ3n) is 2.42. The molecular formula is C12H17NO6S. The fraction of sp³-hybridized carbons (Fsp3) is 0.417. The van der Waals surface area contributed by atoms with E-state index in [1.807, 2.05) is 4.89 Å². The molecule has 0 bridgehead atoms. The van der Waals surface area contributed by atoms with Crippen molar-refractivity contribution < 1.29 is 27.9 Å². The third-order valence-corrected chi connectivity index (χ3v) is 3.65. The van der Waals surface area contributed by atoms with E-state index in [0.717, 1.165) is 5.56 Å². The maximum absolute atomic E-state index is 11.8. The third kappa shape index (κ3) is 5.66. The van der Waals surface area contributed by atoms with Gasteiger partial charge in [0.2, 0.25) is 0 Å². The molecule has 0 saturated heterocycles. The number of carbonyl (C=O) groups is 1. The molecule has 112 valence electrons. The Morgan fingerprint density at radius 1 is 1.25 bits per heavy atom. The maximum atomic E-state index is 11.8. The van der Waals surface area contributed by atoms with Gasteiger partial charge in [0.15, 0.2) is 0 Å². The average Bonchev–Trinajstić information content (AvgIpc) is 2.42. The number of carboxylic acid groups (broad SMARTS) is 1. The zero-order valence-corrected chi connectivity index (χ0v) is 11.9. The van der Waals surface area contributed by atoms with E-state index in [0.29, 0.717) is 6.42 Å². The van der Waals surface area contributed by atoms with Crippen molar-refractivity contribution in [2.24, 2.45) is 0 Å². The van der Waals surface area contributed by atoms with Crippen molar-refractivity contribution in [2.75, 3.05) is 20.3 Å². The Hall–Kier alpha value is -1.48. The summed E-state index contributed by atoms with van der Waals surface area (Å²) in [4.78, 5) is 17.2. The van der Waals surface area contributed by atoms with Gasteiger partial charge in [-0.3, -0.25) is 9.63 Å². The van der Waals surface area contributed by atoms with Crippen LogP contribution in [0.15, 0.2) is 29.2 Å². The van der Waals surface area contributed by atoms with Gasteiger partial charge < -0.3 is 9.84 Å². The van der Waals surface area contributed by atoms with Crippen LogP contribution in [0.2, 0.25) is 0 Å². The number of aliphatic carboxylic acids is 1. The minimum absolute atomic E-state index is 0.00444. The highest BCUT2D eigenvalue weighted by Crippen LogP contribution is 2.11. The van der Waals surface area contributed by atoms with Gasteiger partial charge in [0.25, 0.3) is 10.0 Å². The van der Waals surface area contributed by atoms with E-state index >= 15 is 0 Å². The van der Waals surface area contributed by atoms with Crippen LogP contribution in [0, 0.1) is 0 Å². The zero-order chi connectivity index (χ0) is 15.0. The zero-order valence-electron chi connectivity index (χ0n) is 11.0. The summed E-state index contributed by atoms with van der Waals surface area (Å²) in [5.41, 5.74) is 0.756. The average molecular weight is 303 g/mol. The quantitative estimate of drug-likeness (QED) is 0.510. The summed E-state index contributed by atoms with van der Waals surface area (Å²) < 4.78 is 28.3. The topological polar surface area (TPSA) is 102 Å². The monoisotopic (exact) mass is 303 g/mol. The van der Waals surface area contributed by atoms with Crippen LogP contribution < -0.4 is 4.89 Å². The number of rotatable bonds is 9. The van der Waals surface area contributed by atoms with E-state index in [1.165, 1.54) is 19.2 Å². The van der Waals surface area contributed by atoms with Gasteiger partial charge in [-0.2, -0.15) is 0 Å². The van der Waals surface area contributed by atoms with Crippen LogP contribution in [-0.2, 0) is 30.8 Å². The SMILES string of the molecule is COCCONS(=O)(=O)c1ccc(CCC(=O)O)cc1. The van der Waals surface area contributed by atoms with Gasteiger partial charge in [-0.05, 0) is 24.1 Å². The second-order valence-electron chi connectivity index (χ2n) is 3.97. The number of ether oxygens (including phenoxy) is 1. The molecule has 0 fully saturated rings. The Kier molecular flexibility index (Phi) is 6.59. The van der Waals surface area contributed by atoms with Crippen molar-refractivity contribution in [1.29, 1.82) is 0 Å². The minimum Gasteiger partial charge on any atom is -0.481 e. The molecule has 2 N–H and O–H groups in total. The molecule has 1 aromatic carbocycles. The number of benzene rings is 1. The van der Waals surface area contributed by atoms with E-state index in [2.05, 4.69) is 0 Å². The molecule has 0 amide bonds. The number of methoxy groups -OCH3 is 1.